The Morgan fingerprint density at radius 1 is 0.727 bits per heavy atom. The Morgan fingerprint density at radius 2 is 1.18 bits per heavy atom. The molecule has 0 spiro atoms. The molecule has 0 saturated carbocycles. The molecule has 5 nitrogen and oxygen atoms in total. The minimum atomic E-state index is -0.915. The molecule has 1 N–H and O–H groups in total. The Bertz CT molecular complexity index is 975. The van der Waals surface area contributed by atoms with Crippen molar-refractivity contribution >= 4 is 5.91 Å². The summed E-state index contributed by atoms with van der Waals surface area (Å²) >= 11 is 0. The third-order valence-corrected chi connectivity index (χ3v) is 5.34. The fraction of sp³-hybridized carbons (Fsp3) is 0.321. The summed E-state index contributed by atoms with van der Waals surface area (Å²) in [5.41, 5.74) is 1.64. The molecule has 0 radical (unpaired) electrons. The third-order valence-electron chi connectivity index (χ3n) is 5.34. The number of nitrogens with one attached hydrogen (secondary N) is 1. The Hall–Kier alpha value is -3.31. The standard InChI is InChI=1S/C28H33NO4/c1-27(2,3)29-26(30)19-20-33-28(21-9-7-6-8-10-21,22-11-15-24(31-4)16-12-22)23-13-17-25(32-5)18-14-23/h6-18H,19-20H2,1-5H3,(H,29,30). The summed E-state index contributed by atoms with van der Waals surface area (Å²) in [4.78, 5) is 12.5. The molecule has 0 atom stereocenters. The summed E-state index contributed by atoms with van der Waals surface area (Å²) < 4.78 is 17.4. The maximum atomic E-state index is 12.5. The quantitative estimate of drug-likeness (QED) is 0.451. The van der Waals surface area contributed by atoms with Gasteiger partial charge in [0.25, 0.3) is 0 Å². The van der Waals surface area contributed by atoms with E-state index in [2.05, 4.69) is 5.32 Å². The summed E-state index contributed by atoms with van der Waals surface area (Å²) in [6.07, 6.45) is 0.248. The first-order valence-electron chi connectivity index (χ1n) is 11.1. The number of rotatable bonds is 9. The fourth-order valence-electron chi connectivity index (χ4n) is 3.85. The molecule has 5 heteroatoms. The van der Waals surface area contributed by atoms with Crippen LogP contribution in [0, 0.1) is 0 Å². The Balaban J connectivity index is 2.07. The van der Waals surface area contributed by atoms with E-state index in [0.29, 0.717) is 0 Å². The van der Waals surface area contributed by atoms with Gasteiger partial charge in [-0.15, -0.1) is 0 Å². The van der Waals surface area contributed by atoms with Crippen LogP contribution in [-0.4, -0.2) is 32.3 Å². The van der Waals surface area contributed by atoms with E-state index in [4.69, 9.17) is 14.2 Å². The molecule has 33 heavy (non-hydrogen) atoms. The second-order valence-corrected chi connectivity index (χ2v) is 8.90. The average Bonchev–Trinajstić information content (AvgIpc) is 2.82. The second kappa shape index (κ2) is 10.5. The molecule has 0 aliphatic rings. The first kappa shape index (κ1) is 24.3. The zero-order chi connectivity index (χ0) is 23.9. The molecule has 3 aromatic rings. The van der Waals surface area contributed by atoms with Gasteiger partial charge in [-0.05, 0) is 61.7 Å². The van der Waals surface area contributed by atoms with Gasteiger partial charge in [-0.3, -0.25) is 4.79 Å². The van der Waals surface area contributed by atoms with Crippen LogP contribution >= 0.6 is 0 Å². The highest BCUT2D eigenvalue weighted by atomic mass is 16.5. The molecule has 3 aromatic carbocycles. The van der Waals surface area contributed by atoms with Crippen molar-refractivity contribution in [2.75, 3.05) is 20.8 Å². The molecule has 1 amide bonds. The third kappa shape index (κ3) is 5.93. The Kier molecular flexibility index (Phi) is 7.77. The van der Waals surface area contributed by atoms with Crippen LogP contribution in [0.5, 0.6) is 11.5 Å². The molecule has 0 aliphatic carbocycles. The summed E-state index contributed by atoms with van der Waals surface area (Å²) in [6.45, 7) is 6.15. The van der Waals surface area contributed by atoms with Crippen LogP contribution in [0.4, 0.5) is 0 Å². The van der Waals surface area contributed by atoms with Crippen molar-refractivity contribution in [1.29, 1.82) is 0 Å². The van der Waals surface area contributed by atoms with Crippen molar-refractivity contribution in [3.63, 3.8) is 0 Å². The number of ether oxygens (including phenoxy) is 3. The number of hydrogen-bond acceptors (Lipinski definition) is 4. The molecule has 0 aliphatic heterocycles. The van der Waals surface area contributed by atoms with E-state index in [9.17, 15) is 4.79 Å². The maximum absolute atomic E-state index is 12.5. The van der Waals surface area contributed by atoms with Crippen LogP contribution < -0.4 is 14.8 Å². The first-order chi connectivity index (χ1) is 15.8. The Labute approximate surface area is 196 Å². The second-order valence-electron chi connectivity index (χ2n) is 8.90. The predicted molar refractivity (Wildman–Crippen MR) is 131 cm³/mol. The van der Waals surface area contributed by atoms with Gasteiger partial charge in [0.2, 0.25) is 5.91 Å². The molecule has 0 unspecified atom stereocenters. The summed E-state index contributed by atoms with van der Waals surface area (Å²) in [5.74, 6) is 1.48. The summed E-state index contributed by atoms with van der Waals surface area (Å²) in [7, 11) is 3.29. The molecule has 0 fully saturated rings. The molecular weight excluding hydrogens is 414 g/mol. The SMILES string of the molecule is COc1ccc(C(OCCC(=O)NC(C)(C)C)(c2ccccc2)c2ccc(OC)cc2)cc1. The highest BCUT2D eigenvalue weighted by molar-refractivity contribution is 5.76. The van der Waals surface area contributed by atoms with Gasteiger partial charge in [0.15, 0.2) is 0 Å². The lowest BCUT2D eigenvalue weighted by atomic mass is 9.80. The van der Waals surface area contributed by atoms with Crippen LogP contribution in [0.1, 0.15) is 43.9 Å². The number of carbonyl (C=O) groups is 1. The lowest BCUT2D eigenvalue weighted by Crippen LogP contribution is -2.41. The minimum absolute atomic E-state index is 0.0473. The molecule has 174 valence electrons. The van der Waals surface area contributed by atoms with E-state index in [1.807, 2.05) is 99.6 Å². The van der Waals surface area contributed by atoms with Crippen molar-refractivity contribution in [1.82, 2.24) is 5.32 Å². The van der Waals surface area contributed by atoms with Crippen molar-refractivity contribution in [3.05, 3.63) is 95.6 Å². The topological polar surface area (TPSA) is 56.8 Å². The summed E-state index contributed by atoms with van der Waals surface area (Å²) in [6, 6.07) is 25.8. The normalized spacial score (nSPS) is 11.7. The number of benzene rings is 3. The number of amides is 1. The highest BCUT2D eigenvalue weighted by Gasteiger charge is 2.38. The van der Waals surface area contributed by atoms with Crippen LogP contribution in [0.15, 0.2) is 78.9 Å². The monoisotopic (exact) mass is 447 g/mol. The van der Waals surface area contributed by atoms with Crippen LogP contribution in [0.25, 0.3) is 0 Å². The number of methoxy groups -OCH3 is 2. The van der Waals surface area contributed by atoms with Crippen molar-refractivity contribution < 1.29 is 19.0 Å². The largest absolute Gasteiger partial charge is 0.497 e. The van der Waals surface area contributed by atoms with Gasteiger partial charge in [0.1, 0.15) is 17.1 Å². The molecule has 3 rings (SSSR count). The predicted octanol–water partition coefficient (Wildman–Crippen LogP) is 5.32. The highest BCUT2D eigenvalue weighted by Crippen LogP contribution is 2.41. The zero-order valence-electron chi connectivity index (χ0n) is 20.1. The Morgan fingerprint density at radius 3 is 1.61 bits per heavy atom. The lowest BCUT2D eigenvalue weighted by Gasteiger charge is -2.36. The molecule has 0 bridgehead atoms. The van der Waals surface area contributed by atoms with Crippen LogP contribution in [0.2, 0.25) is 0 Å². The van der Waals surface area contributed by atoms with Gasteiger partial charge in [-0.1, -0.05) is 54.6 Å². The van der Waals surface area contributed by atoms with Crippen molar-refractivity contribution in [2.45, 2.75) is 38.3 Å². The van der Waals surface area contributed by atoms with Crippen molar-refractivity contribution in [3.8, 4) is 11.5 Å². The molecular formula is C28H33NO4. The van der Waals surface area contributed by atoms with Crippen LogP contribution in [0.3, 0.4) is 0 Å². The average molecular weight is 448 g/mol. The summed E-state index contributed by atoms with van der Waals surface area (Å²) in [5, 5.41) is 3.00. The zero-order valence-corrected chi connectivity index (χ0v) is 20.1. The van der Waals surface area contributed by atoms with E-state index in [1.54, 1.807) is 14.2 Å². The van der Waals surface area contributed by atoms with Gasteiger partial charge in [-0.25, -0.2) is 0 Å². The van der Waals surface area contributed by atoms with Gasteiger partial charge in [-0.2, -0.15) is 0 Å². The van der Waals surface area contributed by atoms with Gasteiger partial charge >= 0.3 is 0 Å². The van der Waals surface area contributed by atoms with E-state index < -0.39 is 5.60 Å². The minimum Gasteiger partial charge on any atom is -0.497 e. The lowest BCUT2D eigenvalue weighted by molar-refractivity contribution is -0.124. The van der Waals surface area contributed by atoms with Crippen molar-refractivity contribution in [2.24, 2.45) is 0 Å². The maximum Gasteiger partial charge on any atom is 0.222 e. The van der Waals surface area contributed by atoms with E-state index in [0.717, 1.165) is 28.2 Å². The van der Waals surface area contributed by atoms with E-state index >= 15 is 0 Å². The van der Waals surface area contributed by atoms with E-state index in [-0.39, 0.29) is 24.5 Å². The molecule has 0 heterocycles. The smallest absolute Gasteiger partial charge is 0.222 e. The van der Waals surface area contributed by atoms with Crippen LogP contribution in [-0.2, 0) is 15.1 Å². The van der Waals surface area contributed by atoms with Gasteiger partial charge in [0, 0.05) is 5.54 Å². The number of carbonyl (C=O) groups excluding carboxylic acids is 1. The molecule has 0 saturated heterocycles. The van der Waals surface area contributed by atoms with E-state index in [1.165, 1.54) is 0 Å². The first-order valence-corrected chi connectivity index (χ1v) is 11.1. The van der Waals surface area contributed by atoms with Gasteiger partial charge in [0.05, 0.1) is 27.2 Å². The number of hydrogen-bond donors (Lipinski definition) is 1. The molecule has 0 aromatic heterocycles. The fourth-order valence-corrected chi connectivity index (χ4v) is 3.85. The van der Waals surface area contributed by atoms with Gasteiger partial charge < -0.3 is 19.5 Å².